The molecule has 0 bridgehead atoms. The summed E-state index contributed by atoms with van der Waals surface area (Å²) < 4.78 is 11.6. The Morgan fingerprint density at radius 1 is 1.00 bits per heavy atom. The number of benzene rings is 3. The fourth-order valence-electron chi connectivity index (χ4n) is 3.55. The lowest BCUT2D eigenvalue weighted by molar-refractivity contribution is -0.384. The van der Waals surface area contributed by atoms with Gasteiger partial charge in [0.15, 0.2) is 0 Å². The van der Waals surface area contributed by atoms with E-state index in [2.05, 4.69) is 22.1 Å². The van der Waals surface area contributed by atoms with Gasteiger partial charge in [0, 0.05) is 29.9 Å². The monoisotopic (exact) mass is 474 g/mol. The highest BCUT2D eigenvalue weighted by Crippen LogP contribution is 2.30. The number of hydrogen-bond acceptors (Lipinski definition) is 7. The molecular formula is C27H30N4O4. The summed E-state index contributed by atoms with van der Waals surface area (Å²) in [5.41, 5.74) is 4.35. The van der Waals surface area contributed by atoms with E-state index in [0.29, 0.717) is 18.0 Å². The Labute approximate surface area is 205 Å². The molecule has 0 aliphatic carbocycles. The van der Waals surface area contributed by atoms with Gasteiger partial charge >= 0.3 is 0 Å². The number of nitrogens with zero attached hydrogens (tertiary/aromatic N) is 4. The first-order valence-electron chi connectivity index (χ1n) is 11.4. The predicted octanol–water partition coefficient (Wildman–Crippen LogP) is 7.27. The predicted molar refractivity (Wildman–Crippen MR) is 140 cm³/mol. The molecule has 0 heterocycles. The van der Waals surface area contributed by atoms with Crippen LogP contribution in [0.2, 0.25) is 0 Å². The quantitative estimate of drug-likeness (QED) is 0.166. The second-order valence-corrected chi connectivity index (χ2v) is 7.78. The van der Waals surface area contributed by atoms with E-state index >= 15 is 0 Å². The number of azo groups is 1. The van der Waals surface area contributed by atoms with Crippen LogP contribution < -0.4 is 14.4 Å². The number of non-ortho nitro benzene ring substituents is 1. The normalized spacial score (nSPS) is 11.2. The maximum Gasteiger partial charge on any atom is 0.269 e. The number of nitro benzene ring substituents is 1. The van der Waals surface area contributed by atoms with Gasteiger partial charge < -0.3 is 14.4 Å². The Bertz CT molecular complexity index is 1190. The summed E-state index contributed by atoms with van der Waals surface area (Å²) in [6.45, 7) is 8.17. The molecule has 0 spiro atoms. The van der Waals surface area contributed by atoms with Crippen molar-refractivity contribution in [1.29, 1.82) is 0 Å². The topological polar surface area (TPSA) is 89.6 Å². The lowest BCUT2D eigenvalue weighted by Gasteiger charge is -2.23. The Morgan fingerprint density at radius 2 is 1.63 bits per heavy atom. The zero-order valence-corrected chi connectivity index (χ0v) is 20.5. The van der Waals surface area contributed by atoms with E-state index in [1.54, 1.807) is 19.2 Å². The number of rotatable bonds is 11. The molecule has 0 unspecified atom stereocenters. The summed E-state index contributed by atoms with van der Waals surface area (Å²) in [4.78, 5) is 12.5. The average molecular weight is 475 g/mol. The number of anilines is 1. The molecule has 3 rings (SSSR count). The average Bonchev–Trinajstić information content (AvgIpc) is 2.87. The van der Waals surface area contributed by atoms with E-state index in [0.717, 1.165) is 41.4 Å². The summed E-state index contributed by atoms with van der Waals surface area (Å²) in [6.07, 6.45) is 3.99. The zero-order chi connectivity index (χ0) is 25.2. The van der Waals surface area contributed by atoms with Crippen LogP contribution in [-0.2, 0) is 0 Å². The molecule has 0 saturated carbocycles. The highest BCUT2D eigenvalue weighted by atomic mass is 16.6. The molecular weight excluding hydrogens is 444 g/mol. The minimum absolute atomic E-state index is 0.0251. The van der Waals surface area contributed by atoms with E-state index < -0.39 is 4.92 Å². The van der Waals surface area contributed by atoms with Gasteiger partial charge in [0.2, 0.25) is 0 Å². The Kier molecular flexibility index (Phi) is 8.95. The van der Waals surface area contributed by atoms with E-state index in [9.17, 15) is 10.1 Å². The van der Waals surface area contributed by atoms with Crippen molar-refractivity contribution in [1.82, 2.24) is 0 Å². The summed E-state index contributed by atoms with van der Waals surface area (Å²) in [6, 6.07) is 17.7. The molecule has 0 atom stereocenters. The van der Waals surface area contributed by atoms with Crippen LogP contribution in [0.4, 0.5) is 22.7 Å². The summed E-state index contributed by atoms with van der Waals surface area (Å²) >= 11 is 0. The van der Waals surface area contributed by atoms with E-state index in [1.165, 1.54) is 12.1 Å². The van der Waals surface area contributed by atoms with Crippen LogP contribution in [0.3, 0.4) is 0 Å². The molecule has 8 nitrogen and oxygen atoms in total. The number of allylic oxidation sites excluding steroid dienone is 1. The largest absolute Gasteiger partial charge is 0.496 e. The van der Waals surface area contributed by atoms with Gasteiger partial charge in [-0.1, -0.05) is 12.2 Å². The molecule has 0 N–H and O–H groups in total. The fourth-order valence-corrected chi connectivity index (χ4v) is 3.55. The molecule has 0 aliphatic heterocycles. The first-order valence-corrected chi connectivity index (χ1v) is 11.4. The summed E-state index contributed by atoms with van der Waals surface area (Å²) in [5, 5.41) is 19.1. The van der Waals surface area contributed by atoms with Crippen LogP contribution in [0.5, 0.6) is 11.5 Å². The lowest BCUT2D eigenvalue weighted by atomic mass is 10.1. The minimum Gasteiger partial charge on any atom is -0.496 e. The number of hydrogen-bond donors (Lipinski definition) is 0. The Morgan fingerprint density at radius 3 is 2.17 bits per heavy atom. The number of nitro groups is 1. The van der Waals surface area contributed by atoms with Crippen LogP contribution >= 0.6 is 0 Å². The van der Waals surface area contributed by atoms with Gasteiger partial charge in [-0.25, -0.2) is 0 Å². The number of aryl methyl sites for hydroxylation is 1. The van der Waals surface area contributed by atoms with Crippen LogP contribution in [0, 0.1) is 17.0 Å². The van der Waals surface area contributed by atoms with Gasteiger partial charge in [-0.15, -0.1) is 0 Å². The van der Waals surface area contributed by atoms with Crippen molar-refractivity contribution < 1.29 is 14.4 Å². The van der Waals surface area contributed by atoms with Crippen molar-refractivity contribution in [3.63, 3.8) is 0 Å². The summed E-state index contributed by atoms with van der Waals surface area (Å²) in [5.74, 6) is 1.67. The van der Waals surface area contributed by atoms with Gasteiger partial charge in [-0.2, -0.15) is 10.2 Å². The van der Waals surface area contributed by atoms with Gasteiger partial charge in [0.1, 0.15) is 18.1 Å². The Hall–Kier alpha value is -4.20. The van der Waals surface area contributed by atoms with Gasteiger partial charge in [-0.05, 0) is 74.9 Å². The van der Waals surface area contributed by atoms with Gasteiger partial charge in [0.05, 0.1) is 30.0 Å². The maximum absolute atomic E-state index is 10.8. The standard InChI is InChI=1S/C27H30N4O4/c1-5-7-21-19-26(34-4)20(3)18-27(21)35-17-16-30(6-2)24-12-8-22(9-13-24)28-29-23-10-14-25(15-11-23)31(32)33/h5,7-15,18-19H,6,16-17H2,1-4H3/b7-5+,29-28+. The smallest absolute Gasteiger partial charge is 0.269 e. The maximum atomic E-state index is 10.8. The van der Waals surface area contributed by atoms with E-state index in [1.807, 2.05) is 62.4 Å². The Balaban J connectivity index is 1.61. The first kappa shape index (κ1) is 25.4. The molecule has 0 amide bonds. The van der Waals surface area contributed by atoms with Gasteiger partial charge in [0.25, 0.3) is 5.69 Å². The molecule has 3 aromatic rings. The second kappa shape index (κ2) is 12.3. The van der Waals surface area contributed by atoms with E-state index in [-0.39, 0.29) is 5.69 Å². The summed E-state index contributed by atoms with van der Waals surface area (Å²) in [7, 11) is 1.67. The van der Waals surface area contributed by atoms with Crippen molar-refractivity contribution in [3.05, 3.63) is 88.0 Å². The highest BCUT2D eigenvalue weighted by molar-refractivity contribution is 5.61. The fraction of sp³-hybridized carbons (Fsp3) is 0.259. The van der Waals surface area contributed by atoms with Crippen LogP contribution in [0.15, 0.2) is 77.0 Å². The lowest BCUT2D eigenvalue weighted by Crippen LogP contribution is -2.28. The molecule has 0 radical (unpaired) electrons. The second-order valence-electron chi connectivity index (χ2n) is 7.78. The number of ether oxygens (including phenoxy) is 2. The number of methoxy groups -OCH3 is 1. The molecule has 0 saturated heterocycles. The SMILES string of the molecule is C/C=C/c1cc(OC)c(C)cc1OCCN(CC)c1ccc(/N=N/c2ccc([N+](=O)[O-])cc2)cc1. The van der Waals surface area contributed by atoms with Crippen molar-refractivity contribution in [2.24, 2.45) is 10.2 Å². The third-order valence-electron chi connectivity index (χ3n) is 5.43. The molecule has 8 heteroatoms. The van der Waals surface area contributed by atoms with Crippen molar-refractivity contribution in [2.45, 2.75) is 20.8 Å². The van der Waals surface area contributed by atoms with Crippen molar-refractivity contribution in [2.75, 3.05) is 31.7 Å². The van der Waals surface area contributed by atoms with Crippen LogP contribution in [0.25, 0.3) is 6.08 Å². The third-order valence-corrected chi connectivity index (χ3v) is 5.43. The highest BCUT2D eigenvalue weighted by Gasteiger charge is 2.10. The molecule has 35 heavy (non-hydrogen) atoms. The third kappa shape index (κ3) is 6.89. The minimum atomic E-state index is -0.441. The van der Waals surface area contributed by atoms with Crippen molar-refractivity contribution >= 4 is 28.8 Å². The molecule has 0 aromatic heterocycles. The molecule has 182 valence electrons. The molecule has 0 fully saturated rings. The molecule has 0 aliphatic rings. The molecule has 3 aromatic carbocycles. The first-order chi connectivity index (χ1) is 16.9. The van der Waals surface area contributed by atoms with Crippen LogP contribution in [-0.4, -0.2) is 31.7 Å². The van der Waals surface area contributed by atoms with Crippen LogP contribution in [0.1, 0.15) is 25.0 Å². The van der Waals surface area contributed by atoms with Gasteiger partial charge in [-0.3, -0.25) is 10.1 Å². The zero-order valence-electron chi connectivity index (χ0n) is 20.5. The van der Waals surface area contributed by atoms with E-state index in [4.69, 9.17) is 9.47 Å². The van der Waals surface area contributed by atoms with Crippen molar-refractivity contribution in [3.8, 4) is 11.5 Å². The number of likely N-dealkylation sites (N-methyl/N-ethyl adjacent to an activating group) is 1.